The summed E-state index contributed by atoms with van der Waals surface area (Å²) in [7, 11) is 1.51. The lowest BCUT2D eigenvalue weighted by molar-refractivity contribution is -0.139. The second kappa shape index (κ2) is 7.79. The zero-order valence-electron chi connectivity index (χ0n) is 16.4. The first-order valence-corrected chi connectivity index (χ1v) is 9.21. The van der Waals surface area contributed by atoms with Crippen LogP contribution < -0.4 is 10.9 Å². The van der Waals surface area contributed by atoms with Crippen LogP contribution in [0.1, 0.15) is 29.3 Å². The van der Waals surface area contributed by atoms with E-state index in [0.717, 1.165) is 16.7 Å². The fraction of sp³-hybridized carbons (Fsp3) is 0.227. The van der Waals surface area contributed by atoms with Gasteiger partial charge >= 0.3 is 5.97 Å². The Morgan fingerprint density at radius 2 is 1.83 bits per heavy atom. The van der Waals surface area contributed by atoms with Gasteiger partial charge in [-0.15, -0.1) is 0 Å². The number of aliphatic carboxylic acids is 1. The van der Waals surface area contributed by atoms with Crippen molar-refractivity contribution in [3.63, 3.8) is 0 Å². The van der Waals surface area contributed by atoms with Gasteiger partial charge in [0.25, 0.3) is 11.5 Å². The minimum absolute atomic E-state index is 0.146. The maximum atomic E-state index is 12.7. The molecule has 7 heteroatoms. The van der Waals surface area contributed by atoms with E-state index in [1.54, 1.807) is 19.1 Å². The number of carboxylic acid groups (broad SMARTS) is 1. The Bertz CT molecular complexity index is 1170. The van der Waals surface area contributed by atoms with E-state index in [4.69, 9.17) is 5.11 Å². The molecule has 1 amide bonds. The van der Waals surface area contributed by atoms with Crippen LogP contribution in [0.4, 0.5) is 0 Å². The third-order valence-electron chi connectivity index (χ3n) is 5.04. The average molecular weight is 394 g/mol. The second-order valence-corrected chi connectivity index (χ2v) is 6.91. The standard InChI is InChI=1S/C22H22N2O5/c1-4-16(22(28)29)23-20(26)18-19(25)15-11-14(13-8-6-5-7-9-13)12(2)10-17(15)24(3)21(18)27/h5-11,16,25H,4H2,1-3H3,(H,23,26)(H,28,29). The predicted molar refractivity (Wildman–Crippen MR) is 110 cm³/mol. The maximum absolute atomic E-state index is 12.7. The van der Waals surface area contributed by atoms with Crippen molar-refractivity contribution < 1.29 is 19.8 Å². The fourth-order valence-corrected chi connectivity index (χ4v) is 3.38. The van der Waals surface area contributed by atoms with Gasteiger partial charge in [-0.2, -0.15) is 0 Å². The van der Waals surface area contributed by atoms with Crippen molar-refractivity contribution in [1.29, 1.82) is 0 Å². The minimum atomic E-state index is -1.21. The highest BCUT2D eigenvalue weighted by molar-refractivity contribution is 6.04. The maximum Gasteiger partial charge on any atom is 0.326 e. The molecular weight excluding hydrogens is 372 g/mol. The van der Waals surface area contributed by atoms with Crippen LogP contribution >= 0.6 is 0 Å². The van der Waals surface area contributed by atoms with Gasteiger partial charge in [0.1, 0.15) is 17.4 Å². The third kappa shape index (κ3) is 3.59. The molecule has 0 saturated heterocycles. The van der Waals surface area contributed by atoms with Crippen molar-refractivity contribution in [3.8, 4) is 16.9 Å². The molecule has 3 aromatic rings. The molecule has 0 aliphatic carbocycles. The van der Waals surface area contributed by atoms with Gasteiger partial charge in [-0.05, 0) is 42.2 Å². The highest BCUT2D eigenvalue weighted by Crippen LogP contribution is 2.33. The van der Waals surface area contributed by atoms with Crippen LogP contribution in [-0.4, -0.2) is 32.7 Å². The number of aromatic nitrogens is 1. The quantitative estimate of drug-likeness (QED) is 0.617. The number of rotatable bonds is 5. The van der Waals surface area contributed by atoms with Gasteiger partial charge in [0.15, 0.2) is 0 Å². The molecule has 1 atom stereocenters. The van der Waals surface area contributed by atoms with Crippen LogP contribution in [0.15, 0.2) is 47.3 Å². The van der Waals surface area contributed by atoms with Gasteiger partial charge in [0.2, 0.25) is 0 Å². The molecule has 7 nitrogen and oxygen atoms in total. The van der Waals surface area contributed by atoms with Crippen molar-refractivity contribution >= 4 is 22.8 Å². The number of aromatic hydroxyl groups is 1. The van der Waals surface area contributed by atoms with Gasteiger partial charge in [0, 0.05) is 12.4 Å². The average Bonchev–Trinajstić information content (AvgIpc) is 2.70. The topological polar surface area (TPSA) is 109 Å². The summed E-state index contributed by atoms with van der Waals surface area (Å²) in [6, 6.07) is 11.9. The van der Waals surface area contributed by atoms with Crippen molar-refractivity contribution in [1.82, 2.24) is 9.88 Å². The number of carboxylic acids is 1. The Kier molecular flexibility index (Phi) is 5.41. The molecule has 1 aromatic heterocycles. The highest BCUT2D eigenvalue weighted by Gasteiger charge is 2.25. The zero-order chi connectivity index (χ0) is 21.3. The van der Waals surface area contributed by atoms with Gasteiger partial charge in [0.05, 0.1) is 5.52 Å². The van der Waals surface area contributed by atoms with Crippen LogP contribution in [0.3, 0.4) is 0 Å². The van der Waals surface area contributed by atoms with Crippen molar-refractivity contribution in [2.45, 2.75) is 26.3 Å². The summed E-state index contributed by atoms with van der Waals surface area (Å²) in [6.07, 6.45) is 0.146. The Morgan fingerprint density at radius 3 is 2.41 bits per heavy atom. The number of carbonyl (C=O) groups excluding carboxylic acids is 1. The smallest absolute Gasteiger partial charge is 0.326 e. The first-order chi connectivity index (χ1) is 13.8. The third-order valence-corrected chi connectivity index (χ3v) is 5.04. The van der Waals surface area contributed by atoms with E-state index in [-0.39, 0.29) is 6.42 Å². The number of benzene rings is 2. The molecule has 0 aliphatic heterocycles. The molecule has 3 rings (SSSR count). The summed E-state index contributed by atoms with van der Waals surface area (Å²) in [5.41, 5.74) is 2.01. The molecule has 0 bridgehead atoms. The predicted octanol–water partition coefficient (Wildman–Crippen LogP) is 2.81. The van der Waals surface area contributed by atoms with Gasteiger partial charge in [-0.3, -0.25) is 9.59 Å². The van der Waals surface area contributed by atoms with Crippen LogP contribution in [-0.2, 0) is 11.8 Å². The number of hydrogen-bond acceptors (Lipinski definition) is 4. The van der Waals surface area contributed by atoms with Crippen molar-refractivity contribution in [2.75, 3.05) is 0 Å². The summed E-state index contributed by atoms with van der Waals surface area (Å²) in [6.45, 7) is 3.51. The Morgan fingerprint density at radius 1 is 1.17 bits per heavy atom. The lowest BCUT2D eigenvalue weighted by atomic mass is 9.97. The SMILES string of the molecule is CCC(NC(=O)c1c(O)c2cc(-c3ccccc3)c(C)cc2n(C)c1=O)C(=O)O. The first kappa shape index (κ1) is 20.1. The fourth-order valence-electron chi connectivity index (χ4n) is 3.38. The molecule has 0 aliphatic rings. The molecule has 2 aromatic carbocycles. The van der Waals surface area contributed by atoms with E-state index in [1.165, 1.54) is 11.6 Å². The van der Waals surface area contributed by atoms with Gasteiger partial charge in [-0.25, -0.2) is 4.79 Å². The number of aryl methyl sites for hydroxylation is 2. The van der Waals surface area contributed by atoms with E-state index in [0.29, 0.717) is 10.9 Å². The summed E-state index contributed by atoms with van der Waals surface area (Å²) in [5, 5.41) is 22.6. The largest absolute Gasteiger partial charge is 0.506 e. The Labute approximate surface area is 167 Å². The monoisotopic (exact) mass is 394 g/mol. The summed E-state index contributed by atoms with van der Waals surface area (Å²) in [5.74, 6) is -2.58. The van der Waals surface area contributed by atoms with E-state index in [9.17, 15) is 19.5 Å². The Hall–Kier alpha value is -3.61. The molecule has 0 radical (unpaired) electrons. The molecule has 3 N–H and O–H groups in total. The molecule has 0 spiro atoms. The summed E-state index contributed by atoms with van der Waals surface area (Å²) < 4.78 is 1.29. The van der Waals surface area contributed by atoms with E-state index in [2.05, 4.69) is 5.32 Å². The molecular formula is C22H22N2O5. The molecule has 150 valence electrons. The molecule has 1 unspecified atom stereocenters. The van der Waals surface area contributed by atoms with E-state index >= 15 is 0 Å². The van der Waals surface area contributed by atoms with Crippen LogP contribution in [0, 0.1) is 6.92 Å². The van der Waals surface area contributed by atoms with E-state index in [1.807, 2.05) is 37.3 Å². The number of carbonyl (C=O) groups is 2. The number of amides is 1. The minimum Gasteiger partial charge on any atom is -0.506 e. The summed E-state index contributed by atoms with van der Waals surface area (Å²) in [4.78, 5) is 36.6. The Balaban J connectivity index is 2.23. The number of pyridine rings is 1. The molecule has 0 saturated carbocycles. The summed E-state index contributed by atoms with van der Waals surface area (Å²) >= 11 is 0. The zero-order valence-corrected chi connectivity index (χ0v) is 16.4. The lowest BCUT2D eigenvalue weighted by Gasteiger charge is -2.16. The van der Waals surface area contributed by atoms with E-state index < -0.39 is 34.8 Å². The molecule has 0 fully saturated rings. The first-order valence-electron chi connectivity index (χ1n) is 9.21. The normalized spacial score (nSPS) is 12.0. The number of hydrogen-bond donors (Lipinski definition) is 3. The van der Waals surface area contributed by atoms with Crippen molar-refractivity contribution in [2.24, 2.45) is 7.05 Å². The number of fused-ring (bicyclic) bond motifs is 1. The van der Waals surface area contributed by atoms with Crippen LogP contribution in [0.2, 0.25) is 0 Å². The van der Waals surface area contributed by atoms with Crippen LogP contribution in [0.25, 0.3) is 22.0 Å². The highest BCUT2D eigenvalue weighted by atomic mass is 16.4. The molecule has 1 heterocycles. The van der Waals surface area contributed by atoms with Gasteiger partial charge < -0.3 is 20.1 Å². The molecule has 29 heavy (non-hydrogen) atoms. The second-order valence-electron chi connectivity index (χ2n) is 6.91. The lowest BCUT2D eigenvalue weighted by Crippen LogP contribution is -2.42. The number of nitrogens with zero attached hydrogens (tertiary/aromatic N) is 1. The van der Waals surface area contributed by atoms with Crippen molar-refractivity contribution in [3.05, 3.63) is 63.9 Å². The van der Waals surface area contributed by atoms with Gasteiger partial charge in [-0.1, -0.05) is 37.3 Å². The van der Waals surface area contributed by atoms with Crippen LogP contribution in [0.5, 0.6) is 5.75 Å². The number of nitrogens with one attached hydrogen (secondary N) is 1.